The maximum atomic E-state index is 4.12. The third-order valence-corrected chi connectivity index (χ3v) is 2.18. The number of imidazole rings is 1. The predicted octanol–water partition coefficient (Wildman–Crippen LogP) is 2.68. The van der Waals surface area contributed by atoms with Crippen LogP contribution in [0.4, 0.5) is 0 Å². The Morgan fingerprint density at radius 1 is 1.17 bits per heavy atom. The van der Waals surface area contributed by atoms with Crippen molar-refractivity contribution in [3.8, 4) is 11.3 Å². The van der Waals surface area contributed by atoms with Crippen LogP contribution in [0.15, 0.2) is 36.5 Å². The molecule has 12 heavy (non-hydrogen) atoms. The summed E-state index contributed by atoms with van der Waals surface area (Å²) in [7, 11) is 0. The molecule has 0 radical (unpaired) electrons. The normalized spacial score (nSPS) is 10.1. The molecular weight excluding hydrogens is 263 g/mol. The molecule has 2 rings (SSSR count). The number of aromatic nitrogens is 2. The summed E-state index contributed by atoms with van der Waals surface area (Å²) in [5.74, 6) is 0. The van der Waals surface area contributed by atoms with Crippen LogP contribution in [0.1, 0.15) is 0 Å². The second kappa shape index (κ2) is 3.26. The molecule has 0 aliphatic carbocycles. The molecule has 2 aromatic rings. The average Bonchev–Trinajstić information content (AvgIpc) is 2.54. The summed E-state index contributed by atoms with van der Waals surface area (Å²) < 4.78 is 0.923. The van der Waals surface area contributed by atoms with E-state index < -0.39 is 0 Å². The first-order valence-corrected chi connectivity index (χ1v) is 4.70. The van der Waals surface area contributed by atoms with Crippen molar-refractivity contribution in [2.24, 2.45) is 0 Å². The molecule has 0 atom stereocenters. The molecule has 1 heterocycles. The molecule has 60 valence electrons. The van der Waals surface area contributed by atoms with Gasteiger partial charge < -0.3 is 4.98 Å². The lowest BCUT2D eigenvalue weighted by Gasteiger charge is -1.93. The van der Waals surface area contributed by atoms with Gasteiger partial charge in [0, 0.05) is 0 Å². The molecule has 0 saturated carbocycles. The van der Waals surface area contributed by atoms with E-state index in [4.69, 9.17) is 0 Å². The standard InChI is InChI=1S/C9H7IN2/c10-9-11-6-8(12-9)7-4-2-1-3-5-7/h1-6H,(H,11,12). The zero-order valence-electron chi connectivity index (χ0n) is 6.29. The third-order valence-electron chi connectivity index (χ3n) is 1.63. The van der Waals surface area contributed by atoms with Gasteiger partial charge >= 0.3 is 0 Å². The molecule has 3 heteroatoms. The average molecular weight is 270 g/mol. The number of hydrogen-bond donors (Lipinski definition) is 1. The first-order valence-electron chi connectivity index (χ1n) is 3.62. The monoisotopic (exact) mass is 270 g/mol. The zero-order valence-corrected chi connectivity index (χ0v) is 8.45. The highest BCUT2D eigenvalue weighted by Crippen LogP contribution is 2.16. The lowest BCUT2D eigenvalue weighted by Crippen LogP contribution is -1.75. The minimum Gasteiger partial charge on any atom is -0.333 e. The van der Waals surface area contributed by atoms with Crippen LogP contribution in [0.3, 0.4) is 0 Å². The molecule has 0 aliphatic heterocycles. The molecule has 0 saturated heterocycles. The number of hydrogen-bond acceptors (Lipinski definition) is 1. The van der Waals surface area contributed by atoms with E-state index in [9.17, 15) is 0 Å². The number of nitrogens with zero attached hydrogens (tertiary/aromatic N) is 1. The summed E-state index contributed by atoms with van der Waals surface area (Å²) in [4.78, 5) is 7.29. The molecule has 0 amide bonds. The van der Waals surface area contributed by atoms with E-state index in [0.29, 0.717) is 0 Å². The third kappa shape index (κ3) is 1.50. The van der Waals surface area contributed by atoms with Crippen LogP contribution in [0.25, 0.3) is 11.3 Å². The van der Waals surface area contributed by atoms with Crippen LogP contribution in [0.5, 0.6) is 0 Å². The fourth-order valence-corrected chi connectivity index (χ4v) is 1.49. The van der Waals surface area contributed by atoms with Gasteiger partial charge in [0.15, 0.2) is 3.83 Å². The van der Waals surface area contributed by atoms with Gasteiger partial charge in [0.1, 0.15) is 0 Å². The van der Waals surface area contributed by atoms with Crippen LogP contribution in [0, 0.1) is 3.83 Å². The Kier molecular flexibility index (Phi) is 2.12. The van der Waals surface area contributed by atoms with Crippen molar-refractivity contribution in [1.82, 2.24) is 9.97 Å². The Balaban J connectivity index is 2.45. The van der Waals surface area contributed by atoms with Crippen LogP contribution in [0.2, 0.25) is 0 Å². The Labute approximate surface area is 84.2 Å². The highest BCUT2D eigenvalue weighted by Gasteiger charge is 1.98. The minimum absolute atomic E-state index is 0.923. The van der Waals surface area contributed by atoms with Crippen LogP contribution < -0.4 is 0 Å². The second-order valence-electron chi connectivity index (χ2n) is 2.45. The molecule has 2 nitrogen and oxygen atoms in total. The van der Waals surface area contributed by atoms with Crippen LogP contribution in [-0.2, 0) is 0 Å². The minimum atomic E-state index is 0.923. The van der Waals surface area contributed by atoms with E-state index in [0.717, 1.165) is 9.53 Å². The van der Waals surface area contributed by atoms with Crippen molar-refractivity contribution < 1.29 is 0 Å². The Hall–Kier alpha value is -0.840. The summed E-state index contributed by atoms with van der Waals surface area (Å²) in [6, 6.07) is 10.2. The van der Waals surface area contributed by atoms with Gasteiger partial charge in [0.2, 0.25) is 0 Å². The van der Waals surface area contributed by atoms with E-state index in [2.05, 4.69) is 44.7 Å². The topological polar surface area (TPSA) is 28.7 Å². The molecule has 0 unspecified atom stereocenters. The summed E-state index contributed by atoms with van der Waals surface area (Å²) in [5, 5.41) is 0. The van der Waals surface area contributed by atoms with Gasteiger partial charge in [-0.05, 0) is 28.2 Å². The van der Waals surface area contributed by atoms with Crippen molar-refractivity contribution in [3.63, 3.8) is 0 Å². The van der Waals surface area contributed by atoms with Gasteiger partial charge in [0.25, 0.3) is 0 Å². The highest BCUT2D eigenvalue weighted by molar-refractivity contribution is 14.1. The fourth-order valence-electron chi connectivity index (χ4n) is 1.06. The fraction of sp³-hybridized carbons (Fsp3) is 0. The smallest absolute Gasteiger partial charge is 0.169 e. The number of benzene rings is 1. The van der Waals surface area contributed by atoms with Gasteiger partial charge in [-0.15, -0.1) is 0 Å². The van der Waals surface area contributed by atoms with Crippen molar-refractivity contribution in [1.29, 1.82) is 0 Å². The number of nitrogens with one attached hydrogen (secondary N) is 1. The SMILES string of the molecule is Ic1ncc(-c2ccccc2)[nH]1. The summed E-state index contributed by atoms with van der Waals surface area (Å²) in [5.41, 5.74) is 2.24. The van der Waals surface area contributed by atoms with Crippen LogP contribution >= 0.6 is 22.6 Å². The molecule has 0 bridgehead atoms. The van der Waals surface area contributed by atoms with Gasteiger partial charge in [-0.25, -0.2) is 4.98 Å². The predicted molar refractivity (Wildman–Crippen MR) is 56.7 cm³/mol. The molecule has 0 fully saturated rings. The lowest BCUT2D eigenvalue weighted by molar-refractivity contribution is 1.23. The maximum absolute atomic E-state index is 4.12. The summed E-state index contributed by atoms with van der Waals surface area (Å²) >= 11 is 2.16. The molecule has 0 spiro atoms. The van der Waals surface area contributed by atoms with Gasteiger partial charge in [-0.1, -0.05) is 30.3 Å². The molecular formula is C9H7IN2. The van der Waals surface area contributed by atoms with Gasteiger partial charge in [-0.3, -0.25) is 0 Å². The summed E-state index contributed by atoms with van der Waals surface area (Å²) in [6.45, 7) is 0. The molecule has 1 N–H and O–H groups in total. The van der Waals surface area contributed by atoms with E-state index in [1.807, 2.05) is 24.4 Å². The van der Waals surface area contributed by atoms with E-state index in [1.54, 1.807) is 0 Å². The number of halogens is 1. The second-order valence-corrected chi connectivity index (χ2v) is 3.48. The Morgan fingerprint density at radius 2 is 1.92 bits per heavy atom. The summed E-state index contributed by atoms with van der Waals surface area (Å²) in [6.07, 6.45) is 1.84. The number of rotatable bonds is 1. The molecule has 0 aliphatic rings. The van der Waals surface area contributed by atoms with Crippen molar-refractivity contribution >= 4 is 22.6 Å². The number of H-pyrrole nitrogens is 1. The number of aromatic amines is 1. The first kappa shape index (κ1) is 7.79. The Morgan fingerprint density at radius 3 is 2.50 bits per heavy atom. The maximum Gasteiger partial charge on any atom is 0.169 e. The van der Waals surface area contributed by atoms with E-state index in [1.165, 1.54) is 5.56 Å². The first-order chi connectivity index (χ1) is 5.86. The zero-order chi connectivity index (χ0) is 8.39. The molecule has 1 aromatic carbocycles. The molecule has 1 aromatic heterocycles. The lowest BCUT2D eigenvalue weighted by atomic mass is 10.2. The van der Waals surface area contributed by atoms with Crippen molar-refractivity contribution in [2.75, 3.05) is 0 Å². The van der Waals surface area contributed by atoms with Gasteiger partial charge in [-0.2, -0.15) is 0 Å². The van der Waals surface area contributed by atoms with Crippen molar-refractivity contribution in [2.45, 2.75) is 0 Å². The van der Waals surface area contributed by atoms with E-state index in [-0.39, 0.29) is 0 Å². The van der Waals surface area contributed by atoms with Crippen LogP contribution in [-0.4, -0.2) is 9.97 Å². The quantitative estimate of drug-likeness (QED) is 0.793. The van der Waals surface area contributed by atoms with Crippen molar-refractivity contribution in [3.05, 3.63) is 40.4 Å². The Bertz CT molecular complexity index is 367. The van der Waals surface area contributed by atoms with Gasteiger partial charge in [0.05, 0.1) is 11.9 Å². The van der Waals surface area contributed by atoms with E-state index >= 15 is 0 Å². The largest absolute Gasteiger partial charge is 0.333 e. The highest BCUT2D eigenvalue weighted by atomic mass is 127.